The molecule has 16 nitrogen and oxygen atoms in total. The number of amides is 1. The molecular formula is C25H48N6O10. The lowest BCUT2D eigenvalue weighted by atomic mass is 9.83. The average Bonchev–Trinajstić information content (AvgIpc) is 3.24. The number of carbonyl (C=O) groups excluding carboxylic acids is 1. The number of hydrogen-bond acceptors (Lipinski definition) is 15. The fourth-order valence-electron chi connectivity index (χ4n) is 5.93. The van der Waals surface area contributed by atoms with Crippen LogP contribution >= 0.6 is 0 Å². The molecule has 4 aliphatic rings. The van der Waals surface area contributed by atoms with E-state index < -0.39 is 86.3 Å². The van der Waals surface area contributed by atoms with E-state index >= 15 is 0 Å². The van der Waals surface area contributed by atoms with Gasteiger partial charge in [-0.05, 0) is 32.1 Å². The van der Waals surface area contributed by atoms with Crippen LogP contribution in [-0.4, -0.2) is 133 Å². The van der Waals surface area contributed by atoms with Crippen molar-refractivity contribution < 1.29 is 48.5 Å². The Kier molecular flexibility index (Phi) is 11.7. The number of hydrogen-bond donors (Lipinski definition) is 9. The maximum Gasteiger partial charge on any atom is 0.217 e. The Morgan fingerprint density at radius 2 is 1.32 bits per heavy atom. The van der Waals surface area contributed by atoms with Gasteiger partial charge >= 0.3 is 0 Å². The third-order valence-electron chi connectivity index (χ3n) is 8.28. The van der Waals surface area contributed by atoms with Crippen LogP contribution in [-0.2, 0) is 33.2 Å². The molecule has 3 saturated heterocycles. The largest absolute Gasteiger partial charge is 0.394 e. The van der Waals surface area contributed by atoms with E-state index in [1.54, 1.807) is 0 Å². The Morgan fingerprint density at radius 3 is 1.83 bits per heavy atom. The summed E-state index contributed by atoms with van der Waals surface area (Å²) in [6, 6.07) is -2.45. The molecule has 0 aromatic carbocycles. The van der Waals surface area contributed by atoms with Gasteiger partial charge in [0.25, 0.3) is 0 Å². The number of carbonyl (C=O) groups is 1. The number of ether oxygens (including phenoxy) is 6. The molecule has 0 unspecified atom stereocenters. The van der Waals surface area contributed by atoms with Crippen molar-refractivity contribution in [2.45, 2.75) is 131 Å². The average molecular weight is 593 g/mol. The third-order valence-corrected chi connectivity index (χ3v) is 8.28. The van der Waals surface area contributed by atoms with Crippen LogP contribution in [0.4, 0.5) is 0 Å². The van der Waals surface area contributed by atoms with Gasteiger partial charge in [-0.25, -0.2) is 0 Å². The minimum absolute atomic E-state index is 0.172. The number of rotatable bonds is 10. The number of aliphatic hydroxyl groups is 3. The van der Waals surface area contributed by atoms with Gasteiger partial charge in [-0.15, -0.1) is 0 Å². The molecule has 14 N–H and O–H groups in total. The van der Waals surface area contributed by atoms with Gasteiger partial charge < -0.3 is 77.7 Å². The molecule has 15 atom stereocenters. The minimum Gasteiger partial charge on any atom is -0.394 e. The summed E-state index contributed by atoms with van der Waals surface area (Å²) in [5, 5.41) is 35.2. The summed E-state index contributed by atoms with van der Waals surface area (Å²) >= 11 is 0. The van der Waals surface area contributed by atoms with Crippen molar-refractivity contribution in [1.29, 1.82) is 0 Å². The predicted octanol–water partition coefficient (Wildman–Crippen LogP) is -4.60. The fourth-order valence-corrected chi connectivity index (χ4v) is 5.93. The molecule has 0 aromatic rings. The fraction of sp³-hybridized carbons (Fsp3) is 0.960. The lowest BCUT2D eigenvalue weighted by Crippen LogP contribution is -2.66. The molecule has 4 rings (SSSR count). The van der Waals surface area contributed by atoms with Crippen molar-refractivity contribution in [3.05, 3.63) is 0 Å². The van der Waals surface area contributed by atoms with Crippen molar-refractivity contribution in [1.82, 2.24) is 5.32 Å². The van der Waals surface area contributed by atoms with Gasteiger partial charge in [-0.1, -0.05) is 0 Å². The SMILES string of the molecule is CC(=O)N[C@@H]1C[C@H](N)[C@@H](O[C@H]2O[C@H](CN)CC[C@H]2N)[C@H](O[C@@H]2O[C@H](CO)[C@@H](O[C@H]3O[C@@H](CN)CC[C@H]3N)[C@H]2O)[C@H]1O. The molecule has 0 aromatic heterocycles. The van der Waals surface area contributed by atoms with Gasteiger partial charge in [-0.3, -0.25) is 4.79 Å². The van der Waals surface area contributed by atoms with E-state index in [1.165, 1.54) is 6.92 Å². The van der Waals surface area contributed by atoms with E-state index in [9.17, 15) is 20.1 Å². The Balaban J connectivity index is 1.51. The number of nitrogens with one attached hydrogen (secondary N) is 1. The summed E-state index contributed by atoms with van der Waals surface area (Å²) in [5.74, 6) is -0.367. The standard InChI is InChI=1S/C25H48N6O10/c1-10(33)31-16-6-15(30)20(39-23-13(28)4-2-11(7-26)36-23)22(18(16)34)41-25-19(35)21(17(9-32)38-25)40-24-14(29)5-3-12(8-27)37-24/h11-25,32,34-35H,2-9,26-30H2,1H3,(H,31,33)/t11-,12+,13+,14+,15-,16+,17+,18-,19+,20+,21+,22+,23+,24+,25-/m0/s1. The molecule has 1 amide bonds. The quantitative estimate of drug-likeness (QED) is 0.115. The molecule has 3 heterocycles. The van der Waals surface area contributed by atoms with Crippen LogP contribution in [0.15, 0.2) is 0 Å². The van der Waals surface area contributed by atoms with E-state index in [2.05, 4.69) is 5.32 Å². The van der Waals surface area contributed by atoms with E-state index in [1.807, 2.05) is 0 Å². The van der Waals surface area contributed by atoms with Crippen molar-refractivity contribution in [2.24, 2.45) is 28.7 Å². The van der Waals surface area contributed by atoms with Crippen LogP contribution in [0.5, 0.6) is 0 Å². The molecule has 0 bridgehead atoms. The maximum atomic E-state index is 11.8. The van der Waals surface area contributed by atoms with Gasteiger partial charge in [0.15, 0.2) is 18.9 Å². The van der Waals surface area contributed by atoms with Gasteiger partial charge in [-0.2, -0.15) is 0 Å². The third kappa shape index (κ3) is 7.71. The molecule has 0 radical (unpaired) electrons. The molecule has 41 heavy (non-hydrogen) atoms. The van der Waals surface area contributed by atoms with Gasteiger partial charge in [0.2, 0.25) is 5.91 Å². The van der Waals surface area contributed by atoms with E-state index in [-0.39, 0.29) is 37.6 Å². The highest BCUT2D eigenvalue weighted by Gasteiger charge is 2.53. The first kappa shape index (κ1) is 32.8. The smallest absolute Gasteiger partial charge is 0.217 e. The normalized spacial score (nSPS) is 47.3. The summed E-state index contributed by atoms with van der Waals surface area (Å²) in [5.41, 5.74) is 30.5. The second-order valence-corrected chi connectivity index (χ2v) is 11.4. The zero-order chi connectivity index (χ0) is 29.8. The van der Waals surface area contributed by atoms with Gasteiger partial charge in [0.1, 0.15) is 36.6 Å². The summed E-state index contributed by atoms with van der Waals surface area (Å²) in [6.07, 6.45) is -7.87. The van der Waals surface area contributed by atoms with E-state index in [4.69, 9.17) is 57.1 Å². The van der Waals surface area contributed by atoms with Crippen LogP contribution in [0.2, 0.25) is 0 Å². The van der Waals surface area contributed by atoms with Gasteiger partial charge in [0, 0.05) is 26.1 Å². The van der Waals surface area contributed by atoms with Crippen molar-refractivity contribution >= 4 is 5.91 Å². The summed E-state index contributed by atoms with van der Waals surface area (Å²) in [6.45, 7) is 1.38. The first-order valence-corrected chi connectivity index (χ1v) is 14.4. The second kappa shape index (κ2) is 14.6. The molecule has 1 saturated carbocycles. The molecule has 16 heteroatoms. The van der Waals surface area contributed by atoms with Crippen LogP contribution < -0.4 is 34.0 Å². The Morgan fingerprint density at radius 1 is 0.780 bits per heavy atom. The molecule has 0 spiro atoms. The summed E-state index contributed by atoms with van der Waals surface area (Å²) < 4.78 is 35.9. The highest BCUT2D eigenvalue weighted by atomic mass is 16.8. The Bertz CT molecular complexity index is 849. The van der Waals surface area contributed by atoms with Crippen LogP contribution in [0, 0.1) is 0 Å². The van der Waals surface area contributed by atoms with Crippen LogP contribution in [0.25, 0.3) is 0 Å². The van der Waals surface area contributed by atoms with E-state index in [0.717, 1.165) is 0 Å². The predicted molar refractivity (Wildman–Crippen MR) is 142 cm³/mol. The highest BCUT2D eigenvalue weighted by Crippen LogP contribution is 2.34. The number of aliphatic hydroxyl groups excluding tert-OH is 3. The highest BCUT2D eigenvalue weighted by molar-refractivity contribution is 5.73. The first-order valence-electron chi connectivity index (χ1n) is 14.4. The second-order valence-electron chi connectivity index (χ2n) is 11.4. The van der Waals surface area contributed by atoms with Crippen molar-refractivity contribution in [3.8, 4) is 0 Å². The number of nitrogens with two attached hydrogens (primary N) is 5. The first-order chi connectivity index (χ1) is 19.6. The Hall–Kier alpha value is -1.09. The van der Waals surface area contributed by atoms with E-state index in [0.29, 0.717) is 25.7 Å². The Labute approximate surface area is 239 Å². The van der Waals surface area contributed by atoms with Gasteiger partial charge in [0.05, 0.1) is 36.9 Å². The zero-order valence-electron chi connectivity index (χ0n) is 23.4. The lowest BCUT2D eigenvalue weighted by Gasteiger charge is -2.46. The maximum absolute atomic E-state index is 11.8. The monoisotopic (exact) mass is 592 g/mol. The van der Waals surface area contributed by atoms with Crippen molar-refractivity contribution in [2.75, 3.05) is 19.7 Å². The van der Waals surface area contributed by atoms with Crippen LogP contribution in [0.3, 0.4) is 0 Å². The molecule has 238 valence electrons. The van der Waals surface area contributed by atoms with Crippen LogP contribution in [0.1, 0.15) is 39.0 Å². The molecule has 4 fully saturated rings. The zero-order valence-corrected chi connectivity index (χ0v) is 23.4. The summed E-state index contributed by atoms with van der Waals surface area (Å²) in [7, 11) is 0. The summed E-state index contributed by atoms with van der Waals surface area (Å²) in [4.78, 5) is 11.8. The minimum atomic E-state index is -1.42. The lowest BCUT2D eigenvalue weighted by molar-refractivity contribution is -0.288. The topological polar surface area (TPSA) is 275 Å². The molecule has 3 aliphatic heterocycles. The van der Waals surface area contributed by atoms with Crippen molar-refractivity contribution in [3.63, 3.8) is 0 Å². The molecular weight excluding hydrogens is 544 g/mol. The molecule has 1 aliphatic carbocycles.